The standard InChI is InChI=1S/C21H18N2O5/c1-2-11-3-8-15-14(9-11)19(25)17-18(23-21(26)20(17)28-15)12-4-6-13(7-5-12)27-10-16(22)24/h3-9,18H,2,10H2,1H3,(H2,22,24)(H,23,26). The van der Waals surface area contributed by atoms with Gasteiger partial charge < -0.3 is 20.2 Å². The molecular weight excluding hydrogens is 360 g/mol. The lowest BCUT2D eigenvalue weighted by molar-refractivity contribution is -0.119. The lowest BCUT2D eigenvalue weighted by Gasteiger charge is -2.12. The number of hydrogen-bond donors (Lipinski definition) is 2. The van der Waals surface area contributed by atoms with Crippen LogP contribution in [-0.2, 0) is 11.2 Å². The molecule has 7 heteroatoms. The number of carbonyl (C=O) groups excluding carboxylic acids is 2. The summed E-state index contributed by atoms with van der Waals surface area (Å²) in [5.41, 5.74) is 7.27. The second-order valence-corrected chi connectivity index (χ2v) is 6.59. The maximum Gasteiger partial charge on any atom is 0.288 e. The summed E-state index contributed by atoms with van der Waals surface area (Å²) in [6, 6.07) is 11.6. The van der Waals surface area contributed by atoms with Gasteiger partial charge in [0.05, 0.1) is 17.0 Å². The highest BCUT2D eigenvalue weighted by atomic mass is 16.5. The van der Waals surface area contributed by atoms with E-state index in [1.165, 1.54) is 0 Å². The third-order valence-electron chi connectivity index (χ3n) is 4.76. The molecule has 1 unspecified atom stereocenters. The van der Waals surface area contributed by atoms with Crippen molar-refractivity contribution in [1.29, 1.82) is 0 Å². The van der Waals surface area contributed by atoms with Crippen LogP contribution in [0.15, 0.2) is 51.7 Å². The number of primary amides is 1. The summed E-state index contributed by atoms with van der Waals surface area (Å²) in [5, 5.41) is 3.26. The highest BCUT2D eigenvalue weighted by molar-refractivity contribution is 5.99. The van der Waals surface area contributed by atoms with Crippen LogP contribution in [0, 0.1) is 0 Å². The van der Waals surface area contributed by atoms with Crippen molar-refractivity contribution < 1.29 is 18.7 Å². The summed E-state index contributed by atoms with van der Waals surface area (Å²) in [7, 11) is 0. The van der Waals surface area contributed by atoms with Crippen LogP contribution in [0.5, 0.6) is 5.75 Å². The Bertz CT molecular complexity index is 1150. The van der Waals surface area contributed by atoms with E-state index in [0.717, 1.165) is 12.0 Å². The molecule has 7 nitrogen and oxygen atoms in total. The third kappa shape index (κ3) is 3.00. The van der Waals surface area contributed by atoms with Gasteiger partial charge in [0.1, 0.15) is 11.3 Å². The number of hydrogen-bond acceptors (Lipinski definition) is 5. The van der Waals surface area contributed by atoms with Gasteiger partial charge in [0.2, 0.25) is 5.76 Å². The molecule has 0 saturated carbocycles. The van der Waals surface area contributed by atoms with Gasteiger partial charge in [-0.1, -0.05) is 25.1 Å². The molecule has 0 aliphatic carbocycles. The number of amides is 2. The molecule has 4 rings (SSSR count). The molecule has 0 bridgehead atoms. The van der Waals surface area contributed by atoms with Crippen molar-refractivity contribution in [1.82, 2.24) is 5.32 Å². The third-order valence-corrected chi connectivity index (χ3v) is 4.76. The SMILES string of the molecule is CCc1ccc2oc3c(c(=O)c2c1)C(c1ccc(OCC(N)=O)cc1)NC3=O. The fourth-order valence-corrected chi connectivity index (χ4v) is 3.34. The number of ether oxygens (including phenoxy) is 1. The van der Waals surface area contributed by atoms with E-state index in [1.54, 1.807) is 30.3 Å². The molecule has 1 aliphatic heterocycles. The van der Waals surface area contributed by atoms with E-state index in [0.29, 0.717) is 27.8 Å². The molecule has 2 heterocycles. The second-order valence-electron chi connectivity index (χ2n) is 6.59. The molecule has 2 amide bonds. The molecule has 3 N–H and O–H groups in total. The average Bonchev–Trinajstić information content (AvgIpc) is 3.03. The number of carbonyl (C=O) groups is 2. The zero-order valence-electron chi connectivity index (χ0n) is 15.2. The first kappa shape index (κ1) is 17.8. The molecule has 0 saturated heterocycles. The Kier molecular flexibility index (Phi) is 4.35. The van der Waals surface area contributed by atoms with Gasteiger partial charge >= 0.3 is 0 Å². The molecule has 0 spiro atoms. The maximum atomic E-state index is 13.1. The van der Waals surface area contributed by atoms with E-state index >= 15 is 0 Å². The van der Waals surface area contributed by atoms with E-state index in [2.05, 4.69) is 5.32 Å². The van der Waals surface area contributed by atoms with Gasteiger partial charge in [-0.25, -0.2) is 0 Å². The Morgan fingerprint density at radius 2 is 1.93 bits per heavy atom. The Balaban J connectivity index is 1.76. The predicted octanol–water partition coefficient (Wildman–Crippen LogP) is 2.05. The number of benzene rings is 2. The number of fused-ring (bicyclic) bond motifs is 2. The molecule has 2 aromatic carbocycles. The van der Waals surface area contributed by atoms with Gasteiger partial charge in [-0.15, -0.1) is 0 Å². The normalized spacial score (nSPS) is 15.3. The Morgan fingerprint density at radius 1 is 1.18 bits per heavy atom. The number of nitrogens with one attached hydrogen (secondary N) is 1. The van der Waals surface area contributed by atoms with Crippen molar-refractivity contribution in [2.75, 3.05) is 6.61 Å². The zero-order valence-corrected chi connectivity index (χ0v) is 15.2. The summed E-state index contributed by atoms with van der Waals surface area (Å²) in [5.74, 6) is -0.490. The average molecular weight is 378 g/mol. The van der Waals surface area contributed by atoms with Gasteiger partial charge in [-0.2, -0.15) is 0 Å². The van der Waals surface area contributed by atoms with Gasteiger partial charge in [-0.05, 0) is 41.8 Å². The quantitative estimate of drug-likeness (QED) is 0.706. The lowest BCUT2D eigenvalue weighted by atomic mass is 9.98. The first-order chi connectivity index (χ1) is 13.5. The van der Waals surface area contributed by atoms with E-state index < -0.39 is 17.9 Å². The summed E-state index contributed by atoms with van der Waals surface area (Å²) < 4.78 is 11.0. The monoisotopic (exact) mass is 378 g/mol. The lowest BCUT2D eigenvalue weighted by Crippen LogP contribution is -2.22. The molecule has 28 heavy (non-hydrogen) atoms. The minimum atomic E-state index is -0.612. The fourth-order valence-electron chi connectivity index (χ4n) is 3.34. The van der Waals surface area contributed by atoms with E-state index in [4.69, 9.17) is 14.9 Å². The van der Waals surface area contributed by atoms with Gasteiger partial charge in [0.15, 0.2) is 12.0 Å². The summed E-state index contributed by atoms with van der Waals surface area (Å²) >= 11 is 0. The smallest absolute Gasteiger partial charge is 0.288 e. The fraction of sp³-hybridized carbons (Fsp3) is 0.190. The number of rotatable bonds is 5. The molecule has 3 aromatic rings. The van der Waals surface area contributed by atoms with Crippen LogP contribution in [0.3, 0.4) is 0 Å². The van der Waals surface area contributed by atoms with Crippen molar-refractivity contribution in [3.63, 3.8) is 0 Å². The first-order valence-corrected chi connectivity index (χ1v) is 8.89. The topological polar surface area (TPSA) is 112 Å². The molecule has 1 atom stereocenters. The molecule has 142 valence electrons. The van der Waals surface area contributed by atoms with Crippen LogP contribution < -0.4 is 21.2 Å². The summed E-state index contributed by atoms with van der Waals surface area (Å²) in [4.78, 5) is 36.3. The van der Waals surface area contributed by atoms with Crippen LogP contribution >= 0.6 is 0 Å². The van der Waals surface area contributed by atoms with Crippen LogP contribution in [0.2, 0.25) is 0 Å². The predicted molar refractivity (Wildman–Crippen MR) is 102 cm³/mol. The Hall–Kier alpha value is -3.61. The molecule has 1 aromatic heterocycles. The van der Waals surface area contributed by atoms with Gasteiger partial charge in [0, 0.05) is 0 Å². The van der Waals surface area contributed by atoms with Crippen LogP contribution in [0.25, 0.3) is 11.0 Å². The highest BCUT2D eigenvalue weighted by Gasteiger charge is 2.35. The largest absolute Gasteiger partial charge is 0.484 e. The Morgan fingerprint density at radius 3 is 2.61 bits per heavy atom. The summed E-state index contributed by atoms with van der Waals surface area (Å²) in [6.07, 6.45) is 0.792. The van der Waals surface area contributed by atoms with Crippen molar-refractivity contribution in [3.8, 4) is 5.75 Å². The Labute approximate surface area is 160 Å². The van der Waals surface area contributed by atoms with E-state index in [-0.39, 0.29) is 17.8 Å². The van der Waals surface area contributed by atoms with E-state index in [1.807, 2.05) is 19.1 Å². The maximum absolute atomic E-state index is 13.1. The molecule has 0 fully saturated rings. The highest BCUT2D eigenvalue weighted by Crippen LogP contribution is 2.31. The van der Waals surface area contributed by atoms with Crippen molar-refractivity contribution in [2.45, 2.75) is 19.4 Å². The van der Waals surface area contributed by atoms with E-state index in [9.17, 15) is 14.4 Å². The first-order valence-electron chi connectivity index (χ1n) is 8.89. The molecular formula is C21H18N2O5. The minimum absolute atomic E-state index is 0.0424. The van der Waals surface area contributed by atoms with Crippen molar-refractivity contribution in [3.05, 3.63) is 75.1 Å². The number of nitrogens with two attached hydrogens (primary N) is 1. The van der Waals surface area contributed by atoms with Crippen LogP contribution in [0.4, 0.5) is 0 Å². The zero-order chi connectivity index (χ0) is 19.8. The number of aryl methyl sites for hydroxylation is 1. The van der Waals surface area contributed by atoms with Crippen LogP contribution in [0.1, 0.15) is 40.2 Å². The summed E-state index contributed by atoms with van der Waals surface area (Å²) in [6.45, 7) is 1.78. The second kappa shape index (κ2) is 6.84. The molecule has 1 aliphatic rings. The van der Waals surface area contributed by atoms with Gasteiger partial charge in [-0.3, -0.25) is 14.4 Å². The molecule has 0 radical (unpaired) electrons. The van der Waals surface area contributed by atoms with Crippen molar-refractivity contribution >= 4 is 22.8 Å². The minimum Gasteiger partial charge on any atom is -0.484 e. The van der Waals surface area contributed by atoms with Gasteiger partial charge in [0.25, 0.3) is 11.8 Å². The van der Waals surface area contributed by atoms with Crippen LogP contribution in [-0.4, -0.2) is 18.4 Å². The van der Waals surface area contributed by atoms with Crippen molar-refractivity contribution in [2.24, 2.45) is 5.73 Å².